The lowest BCUT2D eigenvalue weighted by Gasteiger charge is -2.16. The van der Waals surface area contributed by atoms with E-state index in [4.69, 9.17) is 4.98 Å². The summed E-state index contributed by atoms with van der Waals surface area (Å²) in [4.78, 5) is 4.76. The number of aliphatic hydroxyl groups excluding tert-OH is 1. The molecule has 6 nitrogen and oxygen atoms in total. The zero-order valence-corrected chi connectivity index (χ0v) is 18.1. The van der Waals surface area contributed by atoms with Gasteiger partial charge in [0.1, 0.15) is 9.84 Å². The summed E-state index contributed by atoms with van der Waals surface area (Å²) in [5.74, 6) is 0.139. The van der Waals surface area contributed by atoms with E-state index in [0.29, 0.717) is 13.0 Å². The van der Waals surface area contributed by atoms with Crippen LogP contribution >= 0.6 is 0 Å². The van der Waals surface area contributed by atoms with Gasteiger partial charge in [0, 0.05) is 34.9 Å². The molecule has 0 amide bonds. The topological polar surface area (TPSA) is 91.3 Å². The summed E-state index contributed by atoms with van der Waals surface area (Å²) in [7, 11) is -2.98. The van der Waals surface area contributed by atoms with Crippen molar-refractivity contribution in [3.63, 3.8) is 0 Å². The summed E-state index contributed by atoms with van der Waals surface area (Å²) >= 11 is 0. The molecule has 1 aromatic heterocycles. The molecule has 0 spiro atoms. The second-order valence-electron chi connectivity index (χ2n) is 7.63. The highest BCUT2D eigenvalue weighted by Gasteiger charge is 2.10. The number of rotatable bonds is 8. The van der Waals surface area contributed by atoms with Gasteiger partial charge in [-0.3, -0.25) is 0 Å². The predicted molar refractivity (Wildman–Crippen MR) is 128 cm³/mol. The summed E-state index contributed by atoms with van der Waals surface area (Å²) in [6, 6.07) is 21.7. The fourth-order valence-electron chi connectivity index (χ4n) is 3.64. The Kier molecular flexibility index (Phi) is 6.06. The first kappa shape index (κ1) is 21.1. The molecule has 7 heteroatoms. The highest BCUT2D eigenvalue weighted by atomic mass is 32.2. The number of hydrogen-bond donors (Lipinski definition) is 3. The number of fused-ring (bicyclic) bond motifs is 2. The van der Waals surface area contributed by atoms with E-state index in [0.717, 1.165) is 44.4 Å². The molecule has 0 unspecified atom stereocenters. The van der Waals surface area contributed by atoms with Gasteiger partial charge in [0.15, 0.2) is 0 Å². The molecule has 0 aliphatic heterocycles. The number of hydrogen-bond acceptors (Lipinski definition) is 6. The summed E-state index contributed by atoms with van der Waals surface area (Å²) in [5, 5.41) is 18.6. The van der Waals surface area contributed by atoms with Crippen LogP contribution in [0.5, 0.6) is 0 Å². The SMILES string of the molecule is CS(=O)(=O)CCCNc1cc(CO)cc(Nc2c3ccccc3nc3ccccc23)c1. The molecule has 160 valence electrons. The summed E-state index contributed by atoms with van der Waals surface area (Å²) in [6.45, 7) is 0.438. The smallest absolute Gasteiger partial charge is 0.147 e. The maximum Gasteiger partial charge on any atom is 0.147 e. The first-order chi connectivity index (χ1) is 14.9. The molecular weight excluding hydrogens is 410 g/mol. The van der Waals surface area contributed by atoms with Crippen LogP contribution in [0.3, 0.4) is 0 Å². The number of nitrogens with one attached hydrogen (secondary N) is 2. The third-order valence-electron chi connectivity index (χ3n) is 5.05. The molecule has 0 radical (unpaired) electrons. The molecule has 31 heavy (non-hydrogen) atoms. The van der Waals surface area contributed by atoms with Crippen molar-refractivity contribution < 1.29 is 13.5 Å². The Hall–Kier alpha value is -3.16. The third kappa shape index (κ3) is 5.13. The first-order valence-corrected chi connectivity index (χ1v) is 12.2. The van der Waals surface area contributed by atoms with Crippen LogP contribution in [-0.2, 0) is 16.4 Å². The molecule has 0 saturated heterocycles. The van der Waals surface area contributed by atoms with Crippen molar-refractivity contribution in [2.45, 2.75) is 13.0 Å². The van der Waals surface area contributed by atoms with Gasteiger partial charge in [-0.2, -0.15) is 0 Å². The molecule has 4 aromatic rings. The van der Waals surface area contributed by atoms with Crippen molar-refractivity contribution >= 4 is 48.7 Å². The van der Waals surface area contributed by atoms with Gasteiger partial charge in [0.2, 0.25) is 0 Å². The molecule has 0 saturated carbocycles. The minimum atomic E-state index is -2.98. The van der Waals surface area contributed by atoms with Crippen molar-refractivity contribution in [2.24, 2.45) is 0 Å². The predicted octanol–water partition coefficient (Wildman–Crippen LogP) is 4.47. The highest BCUT2D eigenvalue weighted by Crippen LogP contribution is 2.34. The lowest BCUT2D eigenvalue weighted by Crippen LogP contribution is -2.10. The van der Waals surface area contributed by atoms with E-state index < -0.39 is 9.84 Å². The minimum absolute atomic E-state index is 0.0919. The largest absolute Gasteiger partial charge is 0.392 e. The Labute approximate surface area is 181 Å². The van der Waals surface area contributed by atoms with Crippen LogP contribution in [0.2, 0.25) is 0 Å². The van der Waals surface area contributed by atoms with E-state index in [1.807, 2.05) is 66.7 Å². The fourth-order valence-corrected chi connectivity index (χ4v) is 4.31. The van der Waals surface area contributed by atoms with E-state index in [-0.39, 0.29) is 12.4 Å². The quantitative estimate of drug-likeness (QED) is 0.279. The van der Waals surface area contributed by atoms with Crippen molar-refractivity contribution in [3.8, 4) is 0 Å². The molecule has 0 atom stereocenters. The van der Waals surface area contributed by atoms with E-state index in [1.54, 1.807) is 0 Å². The number of nitrogens with zero attached hydrogens (tertiary/aromatic N) is 1. The monoisotopic (exact) mass is 435 g/mol. The van der Waals surface area contributed by atoms with Crippen molar-refractivity contribution in [1.29, 1.82) is 0 Å². The summed E-state index contributed by atoms with van der Waals surface area (Å²) in [5.41, 5.74) is 5.18. The van der Waals surface area contributed by atoms with Crippen molar-refractivity contribution in [1.82, 2.24) is 4.98 Å². The minimum Gasteiger partial charge on any atom is -0.392 e. The molecule has 1 heterocycles. The first-order valence-electron chi connectivity index (χ1n) is 10.1. The number of aromatic nitrogens is 1. The van der Waals surface area contributed by atoms with E-state index in [1.165, 1.54) is 6.26 Å². The maximum atomic E-state index is 11.3. The molecule has 0 fully saturated rings. The van der Waals surface area contributed by atoms with E-state index >= 15 is 0 Å². The van der Waals surface area contributed by atoms with Gasteiger partial charge < -0.3 is 15.7 Å². The Morgan fingerprint density at radius 1 is 0.903 bits per heavy atom. The van der Waals surface area contributed by atoms with Crippen LogP contribution in [0.15, 0.2) is 66.7 Å². The second-order valence-corrected chi connectivity index (χ2v) is 9.89. The zero-order valence-electron chi connectivity index (χ0n) is 17.3. The number of anilines is 3. The van der Waals surface area contributed by atoms with Gasteiger partial charge >= 0.3 is 0 Å². The average Bonchev–Trinajstić information content (AvgIpc) is 2.76. The van der Waals surface area contributed by atoms with Gasteiger partial charge in [-0.15, -0.1) is 0 Å². The average molecular weight is 436 g/mol. The Balaban J connectivity index is 1.68. The third-order valence-corrected chi connectivity index (χ3v) is 6.08. The van der Waals surface area contributed by atoms with Crippen LogP contribution in [0.25, 0.3) is 21.8 Å². The van der Waals surface area contributed by atoms with Gasteiger partial charge in [0.25, 0.3) is 0 Å². The maximum absolute atomic E-state index is 11.3. The molecular formula is C24H25N3O3S. The Bertz CT molecular complexity index is 1280. The van der Waals surface area contributed by atoms with Gasteiger partial charge in [-0.1, -0.05) is 36.4 Å². The van der Waals surface area contributed by atoms with Gasteiger partial charge in [-0.05, 0) is 42.3 Å². The van der Waals surface area contributed by atoms with E-state index in [9.17, 15) is 13.5 Å². The standard InChI is InChI=1S/C24H25N3O3S/c1-31(29,30)12-6-11-25-18-13-17(16-28)14-19(15-18)26-24-20-7-2-4-9-22(20)27-23-10-5-3-8-21(23)24/h2-5,7-10,13-15,25,28H,6,11-12,16H2,1H3,(H,26,27). The van der Waals surface area contributed by atoms with Gasteiger partial charge in [-0.25, -0.2) is 13.4 Å². The molecule has 3 aromatic carbocycles. The molecule has 0 aliphatic rings. The van der Waals surface area contributed by atoms with Crippen LogP contribution in [0.1, 0.15) is 12.0 Å². The van der Waals surface area contributed by atoms with E-state index in [2.05, 4.69) is 10.6 Å². The normalized spacial score (nSPS) is 11.7. The lowest BCUT2D eigenvalue weighted by molar-refractivity contribution is 0.282. The Morgan fingerprint density at radius 2 is 1.52 bits per heavy atom. The number of sulfone groups is 1. The van der Waals surface area contributed by atoms with Crippen molar-refractivity contribution in [3.05, 3.63) is 72.3 Å². The lowest BCUT2D eigenvalue weighted by atomic mass is 10.1. The van der Waals surface area contributed by atoms with Gasteiger partial charge in [0.05, 0.1) is 29.1 Å². The summed E-state index contributed by atoms with van der Waals surface area (Å²) in [6.07, 6.45) is 1.76. The molecule has 0 bridgehead atoms. The Morgan fingerprint density at radius 3 is 2.13 bits per heavy atom. The highest BCUT2D eigenvalue weighted by molar-refractivity contribution is 7.90. The van der Waals surface area contributed by atoms with Crippen LogP contribution < -0.4 is 10.6 Å². The number of para-hydroxylation sites is 2. The van der Waals surface area contributed by atoms with Crippen molar-refractivity contribution in [2.75, 3.05) is 29.2 Å². The number of pyridine rings is 1. The fraction of sp³-hybridized carbons (Fsp3) is 0.208. The second kappa shape index (κ2) is 8.91. The molecule has 4 rings (SSSR count). The molecule has 0 aliphatic carbocycles. The van der Waals surface area contributed by atoms with Crippen LogP contribution in [-0.4, -0.2) is 37.1 Å². The number of benzene rings is 3. The number of aliphatic hydroxyl groups is 1. The van der Waals surface area contributed by atoms with Crippen LogP contribution in [0.4, 0.5) is 17.1 Å². The van der Waals surface area contributed by atoms with Crippen LogP contribution in [0, 0.1) is 0 Å². The molecule has 3 N–H and O–H groups in total. The zero-order chi connectivity index (χ0) is 21.8. The summed E-state index contributed by atoms with van der Waals surface area (Å²) < 4.78 is 22.7.